The number of pyridine rings is 1. The number of hydrogen-bond donors (Lipinski definition) is 1. The summed E-state index contributed by atoms with van der Waals surface area (Å²) in [4.78, 5) is 3.96. The second-order valence-electron chi connectivity index (χ2n) is 3.79. The maximum absolute atomic E-state index is 13.1. The molecule has 1 aromatic heterocycles. The summed E-state index contributed by atoms with van der Waals surface area (Å²) >= 11 is 5.69. The standard InChI is InChI=1S/C13H12ClFN2/c1-9-2-3-11(15)6-10(9)7-16-12-4-5-13(14)17-8-12/h2-6,8,16H,7H2,1H3. The molecule has 2 aromatic rings. The zero-order chi connectivity index (χ0) is 12.3. The first-order chi connectivity index (χ1) is 8.15. The molecular formula is C13H12ClFN2. The normalized spacial score (nSPS) is 10.3. The van der Waals surface area contributed by atoms with Crippen LogP contribution < -0.4 is 5.32 Å². The quantitative estimate of drug-likeness (QED) is 0.839. The van der Waals surface area contributed by atoms with E-state index in [0.717, 1.165) is 16.8 Å². The van der Waals surface area contributed by atoms with Crippen LogP contribution in [0.4, 0.5) is 10.1 Å². The zero-order valence-electron chi connectivity index (χ0n) is 9.37. The molecule has 1 aromatic carbocycles. The second kappa shape index (κ2) is 5.15. The third-order valence-electron chi connectivity index (χ3n) is 2.52. The third kappa shape index (κ3) is 3.17. The van der Waals surface area contributed by atoms with Crippen molar-refractivity contribution in [3.63, 3.8) is 0 Å². The lowest BCUT2D eigenvalue weighted by Gasteiger charge is -2.08. The largest absolute Gasteiger partial charge is 0.380 e. The predicted octanol–water partition coefficient (Wildman–Crippen LogP) is 3.79. The van der Waals surface area contributed by atoms with Crippen molar-refractivity contribution < 1.29 is 4.39 Å². The van der Waals surface area contributed by atoms with Gasteiger partial charge in [0.15, 0.2) is 0 Å². The third-order valence-corrected chi connectivity index (χ3v) is 2.75. The van der Waals surface area contributed by atoms with Crippen LogP contribution in [0.1, 0.15) is 11.1 Å². The Hall–Kier alpha value is -1.61. The Balaban J connectivity index is 2.07. The van der Waals surface area contributed by atoms with Crippen molar-refractivity contribution in [2.24, 2.45) is 0 Å². The lowest BCUT2D eigenvalue weighted by molar-refractivity contribution is 0.625. The summed E-state index contributed by atoms with van der Waals surface area (Å²) < 4.78 is 13.1. The van der Waals surface area contributed by atoms with Crippen molar-refractivity contribution in [3.8, 4) is 0 Å². The highest BCUT2D eigenvalue weighted by atomic mass is 35.5. The number of rotatable bonds is 3. The average Bonchev–Trinajstić information content (AvgIpc) is 2.32. The van der Waals surface area contributed by atoms with Gasteiger partial charge in [0, 0.05) is 6.54 Å². The van der Waals surface area contributed by atoms with Gasteiger partial charge in [0.2, 0.25) is 0 Å². The topological polar surface area (TPSA) is 24.9 Å². The highest BCUT2D eigenvalue weighted by Crippen LogP contribution is 2.14. The minimum Gasteiger partial charge on any atom is -0.380 e. The summed E-state index contributed by atoms with van der Waals surface area (Å²) in [5.41, 5.74) is 2.85. The summed E-state index contributed by atoms with van der Waals surface area (Å²) in [6.07, 6.45) is 1.65. The molecule has 2 rings (SSSR count). The van der Waals surface area contributed by atoms with E-state index in [-0.39, 0.29) is 5.82 Å². The van der Waals surface area contributed by atoms with Crippen molar-refractivity contribution in [1.29, 1.82) is 0 Å². The number of nitrogens with zero attached hydrogens (tertiary/aromatic N) is 1. The van der Waals surface area contributed by atoms with Crippen molar-refractivity contribution in [2.75, 3.05) is 5.32 Å². The van der Waals surface area contributed by atoms with Crippen molar-refractivity contribution >= 4 is 17.3 Å². The van der Waals surface area contributed by atoms with E-state index in [2.05, 4.69) is 10.3 Å². The van der Waals surface area contributed by atoms with E-state index in [1.807, 2.05) is 13.0 Å². The number of halogens is 2. The Morgan fingerprint density at radius 3 is 2.82 bits per heavy atom. The van der Waals surface area contributed by atoms with E-state index in [4.69, 9.17) is 11.6 Å². The summed E-state index contributed by atoms with van der Waals surface area (Å²) in [6.45, 7) is 2.52. The molecule has 0 unspecified atom stereocenters. The molecule has 2 nitrogen and oxygen atoms in total. The number of anilines is 1. The van der Waals surface area contributed by atoms with Gasteiger partial charge in [-0.05, 0) is 42.3 Å². The molecule has 0 aliphatic heterocycles. The van der Waals surface area contributed by atoms with Gasteiger partial charge < -0.3 is 5.32 Å². The molecular weight excluding hydrogens is 239 g/mol. The van der Waals surface area contributed by atoms with Gasteiger partial charge in [0.25, 0.3) is 0 Å². The first-order valence-corrected chi connectivity index (χ1v) is 5.63. The lowest BCUT2D eigenvalue weighted by Crippen LogP contribution is -2.02. The number of aromatic nitrogens is 1. The molecule has 17 heavy (non-hydrogen) atoms. The Morgan fingerprint density at radius 1 is 1.29 bits per heavy atom. The summed E-state index contributed by atoms with van der Waals surface area (Å²) in [5, 5.41) is 3.62. The molecule has 0 amide bonds. The number of hydrogen-bond acceptors (Lipinski definition) is 2. The smallest absolute Gasteiger partial charge is 0.129 e. The maximum Gasteiger partial charge on any atom is 0.129 e. The van der Waals surface area contributed by atoms with E-state index >= 15 is 0 Å². The van der Waals surface area contributed by atoms with Crippen molar-refractivity contribution in [1.82, 2.24) is 4.98 Å². The van der Waals surface area contributed by atoms with Crippen molar-refractivity contribution in [2.45, 2.75) is 13.5 Å². The molecule has 88 valence electrons. The second-order valence-corrected chi connectivity index (χ2v) is 4.18. The predicted molar refractivity (Wildman–Crippen MR) is 67.7 cm³/mol. The van der Waals surface area contributed by atoms with Crippen LogP contribution in [-0.4, -0.2) is 4.98 Å². The average molecular weight is 251 g/mol. The molecule has 0 fully saturated rings. The zero-order valence-corrected chi connectivity index (χ0v) is 10.1. The molecule has 0 aliphatic carbocycles. The molecule has 0 saturated heterocycles. The van der Waals surface area contributed by atoms with E-state index < -0.39 is 0 Å². The Morgan fingerprint density at radius 2 is 2.12 bits per heavy atom. The number of benzene rings is 1. The minimum atomic E-state index is -0.221. The molecule has 1 N–H and O–H groups in total. The Labute approximate surface area is 104 Å². The van der Waals surface area contributed by atoms with Crippen LogP contribution in [-0.2, 0) is 6.54 Å². The Bertz CT molecular complexity index is 511. The van der Waals surface area contributed by atoms with Crippen LogP contribution in [0.15, 0.2) is 36.5 Å². The first kappa shape index (κ1) is 11.9. The van der Waals surface area contributed by atoms with Gasteiger partial charge in [-0.3, -0.25) is 0 Å². The van der Waals surface area contributed by atoms with E-state index in [9.17, 15) is 4.39 Å². The molecule has 0 atom stereocenters. The summed E-state index contributed by atoms with van der Waals surface area (Å²) in [5.74, 6) is -0.221. The van der Waals surface area contributed by atoms with E-state index in [0.29, 0.717) is 11.7 Å². The van der Waals surface area contributed by atoms with Gasteiger partial charge >= 0.3 is 0 Å². The molecule has 0 bridgehead atoms. The van der Waals surface area contributed by atoms with Crippen molar-refractivity contribution in [3.05, 3.63) is 58.6 Å². The fourth-order valence-corrected chi connectivity index (χ4v) is 1.62. The maximum atomic E-state index is 13.1. The van der Waals surface area contributed by atoms with Gasteiger partial charge in [-0.2, -0.15) is 0 Å². The first-order valence-electron chi connectivity index (χ1n) is 5.25. The van der Waals surface area contributed by atoms with Crippen LogP contribution in [0.3, 0.4) is 0 Å². The fraction of sp³-hybridized carbons (Fsp3) is 0.154. The summed E-state index contributed by atoms with van der Waals surface area (Å²) in [6, 6.07) is 8.31. The van der Waals surface area contributed by atoms with Gasteiger partial charge in [-0.15, -0.1) is 0 Å². The highest BCUT2D eigenvalue weighted by molar-refractivity contribution is 6.29. The molecule has 0 aliphatic rings. The molecule has 0 radical (unpaired) electrons. The lowest BCUT2D eigenvalue weighted by atomic mass is 10.1. The van der Waals surface area contributed by atoms with E-state index in [1.165, 1.54) is 12.1 Å². The Kier molecular flexibility index (Phi) is 3.59. The SMILES string of the molecule is Cc1ccc(F)cc1CNc1ccc(Cl)nc1. The molecule has 0 spiro atoms. The molecule has 0 saturated carbocycles. The van der Waals surface area contributed by atoms with Gasteiger partial charge in [-0.25, -0.2) is 9.37 Å². The van der Waals surface area contributed by atoms with Crippen LogP contribution in [0.25, 0.3) is 0 Å². The van der Waals surface area contributed by atoms with Crippen LogP contribution in [0, 0.1) is 12.7 Å². The monoisotopic (exact) mass is 250 g/mol. The van der Waals surface area contributed by atoms with Crippen LogP contribution >= 0.6 is 11.6 Å². The van der Waals surface area contributed by atoms with Crippen LogP contribution in [0.2, 0.25) is 5.15 Å². The van der Waals surface area contributed by atoms with Gasteiger partial charge in [0.1, 0.15) is 11.0 Å². The highest BCUT2D eigenvalue weighted by Gasteiger charge is 2.00. The van der Waals surface area contributed by atoms with Gasteiger partial charge in [0.05, 0.1) is 11.9 Å². The van der Waals surface area contributed by atoms with Crippen LogP contribution in [0.5, 0.6) is 0 Å². The molecule has 4 heteroatoms. The van der Waals surface area contributed by atoms with E-state index in [1.54, 1.807) is 18.3 Å². The molecule has 1 heterocycles. The van der Waals surface area contributed by atoms with Gasteiger partial charge in [-0.1, -0.05) is 17.7 Å². The summed E-state index contributed by atoms with van der Waals surface area (Å²) in [7, 11) is 0. The minimum absolute atomic E-state index is 0.221. The number of nitrogens with one attached hydrogen (secondary N) is 1. The number of aryl methyl sites for hydroxylation is 1. The fourth-order valence-electron chi connectivity index (χ4n) is 1.51.